The van der Waals surface area contributed by atoms with Gasteiger partial charge in [0.1, 0.15) is 0 Å². The summed E-state index contributed by atoms with van der Waals surface area (Å²) >= 11 is 0. The Morgan fingerprint density at radius 1 is 2.00 bits per heavy atom. The number of carbonyl (C=O) groups excluding carboxylic acids is 1. The number of hydrogen-bond donors (Lipinski definition) is 0. The van der Waals surface area contributed by atoms with Crippen LogP contribution in [0.25, 0.3) is 0 Å². The van der Waals surface area contributed by atoms with Crippen LogP contribution in [0.1, 0.15) is 13.3 Å². The van der Waals surface area contributed by atoms with Crippen LogP contribution in [-0.4, -0.2) is 12.5 Å². The molecular weight excluding hydrogens is 83.0 g/mol. The number of alkyl halides is 1. The zero-order valence-electron chi connectivity index (χ0n) is 3.57. The van der Waals surface area contributed by atoms with Crippen LogP contribution in [0.5, 0.6) is 0 Å². The molecule has 0 aliphatic heterocycles. The minimum atomic E-state index is -1.37. The Morgan fingerprint density at radius 3 is 2.50 bits per heavy atom. The third-order valence-corrected chi connectivity index (χ3v) is 0.486. The Labute approximate surface area is 36.2 Å². The van der Waals surface area contributed by atoms with Crippen molar-refractivity contribution in [1.29, 1.82) is 0 Å². The molecule has 35 valence electrons. The summed E-state index contributed by atoms with van der Waals surface area (Å²) < 4.78 is 11.4. The first-order valence-electron chi connectivity index (χ1n) is 1.83. The molecule has 0 bridgehead atoms. The molecule has 1 atom stereocenters. The van der Waals surface area contributed by atoms with Crippen molar-refractivity contribution in [1.82, 2.24) is 0 Å². The summed E-state index contributed by atoms with van der Waals surface area (Å²) in [5.41, 5.74) is 0. The monoisotopic (exact) mass is 89.0 g/mol. The van der Waals surface area contributed by atoms with Crippen LogP contribution in [0.3, 0.4) is 0 Å². The van der Waals surface area contributed by atoms with Crippen molar-refractivity contribution in [2.45, 2.75) is 19.5 Å². The standard InChI is InChI=1S/C4H6FO/c1-2-4(5)3-6/h4H,2H2,1H3/t4-/m0/s1. The van der Waals surface area contributed by atoms with Crippen molar-refractivity contribution in [3.8, 4) is 0 Å². The summed E-state index contributed by atoms with van der Waals surface area (Å²) in [5, 5.41) is 0. The van der Waals surface area contributed by atoms with E-state index in [9.17, 15) is 9.18 Å². The smallest absolute Gasteiger partial charge is 0.235 e. The predicted octanol–water partition coefficient (Wildman–Crippen LogP) is 0.844. The van der Waals surface area contributed by atoms with Crippen molar-refractivity contribution in [2.24, 2.45) is 0 Å². The third kappa shape index (κ3) is 1.88. The molecule has 6 heavy (non-hydrogen) atoms. The van der Waals surface area contributed by atoms with E-state index >= 15 is 0 Å². The fourth-order valence-corrected chi connectivity index (χ4v) is 0.0833. The SMILES string of the molecule is CC[C@H](F)[C]=O. The largest absolute Gasteiger partial charge is 0.287 e. The lowest BCUT2D eigenvalue weighted by Crippen LogP contribution is -1.95. The van der Waals surface area contributed by atoms with E-state index in [4.69, 9.17) is 0 Å². The molecule has 0 spiro atoms. The van der Waals surface area contributed by atoms with Gasteiger partial charge in [0.05, 0.1) is 0 Å². The van der Waals surface area contributed by atoms with Crippen molar-refractivity contribution in [3.05, 3.63) is 0 Å². The Kier molecular flexibility index (Phi) is 2.63. The second-order valence-electron chi connectivity index (χ2n) is 0.994. The average Bonchev–Trinajstić information content (AvgIpc) is 1.65. The van der Waals surface area contributed by atoms with Gasteiger partial charge in [-0.05, 0) is 6.42 Å². The van der Waals surface area contributed by atoms with Crippen LogP contribution >= 0.6 is 0 Å². The van der Waals surface area contributed by atoms with Crippen molar-refractivity contribution < 1.29 is 9.18 Å². The maximum atomic E-state index is 11.4. The van der Waals surface area contributed by atoms with Gasteiger partial charge in [0.25, 0.3) is 0 Å². The van der Waals surface area contributed by atoms with Crippen LogP contribution in [0.2, 0.25) is 0 Å². The van der Waals surface area contributed by atoms with Gasteiger partial charge in [0.15, 0.2) is 6.17 Å². The van der Waals surface area contributed by atoms with Gasteiger partial charge in [-0.25, -0.2) is 4.39 Å². The number of halogens is 1. The maximum absolute atomic E-state index is 11.4. The molecular formula is C4H6FO. The van der Waals surface area contributed by atoms with E-state index in [1.165, 1.54) is 6.29 Å². The lowest BCUT2D eigenvalue weighted by atomic mass is 10.3. The summed E-state index contributed by atoms with van der Waals surface area (Å²) in [4.78, 5) is 9.24. The fourth-order valence-electron chi connectivity index (χ4n) is 0.0833. The van der Waals surface area contributed by atoms with Gasteiger partial charge >= 0.3 is 0 Å². The van der Waals surface area contributed by atoms with E-state index in [1.807, 2.05) is 0 Å². The first-order chi connectivity index (χ1) is 2.81. The molecule has 0 saturated carbocycles. The average molecular weight is 89.1 g/mol. The molecule has 1 nitrogen and oxygen atoms in total. The highest BCUT2D eigenvalue weighted by Crippen LogP contribution is 1.88. The Hall–Kier alpha value is -0.400. The molecule has 0 aromatic heterocycles. The molecule has 0 rings (SSSR count). The van der Waals surface area contributed by atoms with E-state index < -0.39 is 6.17 Å². The van der Waals surface area contributed by atoms with Gasteiger partial charge in [0, 0.05) is 0 Å². The van der Waals surface area contributed by atoms with E-state index in [0.717, 1.165) is 0 Å². The lowest BCUT2D eigenvalue weighted by Gasteiger charge is -1.83. The van der Waals surface area contributed by atoms with E-state index in [2.05, 4.69) is 0 Å². The summed E-state index contributed by atoms with van der Waals surface area (Å²) in [7, 11) is 0. The van der Waals surface area contributed by atoms with Crippen LogP contribution in [0.15, 0.2) is 0 Å². The van der Waals surface area contributed by atoms with Crippen LogP contribution in [0, 0.1) is 0 Å². The highest BCUT2D eigenvalue weighted by atomic mass is 19.1. The molecule has 0 aliphatic rings. The van der Waals surface area contributed by atoms with Crippen LogP contribution in [0.4, 0.5) is 4.39 Å². The molecule has 0 unspecified atom stereocenters. The maximum Gasteiger partial charge on any atom is 0.235 e. The topological polar surface area (TPSA) is 17.1 Å². The summed E-state index contributed by atoms with van der Waals surface area (Å²) in [6.07, 6.45) is 0.0671. The van der Waals surface area contributed by atoms with Crippen molar-refractivity contribution >= 4 is 6.29 Å². The second-order valence-corrected chi connectivity index (χ2v) is 0.994. The quantitative estimate of drug-likeness (QED) is 0.490. The van der Waals surface area contributed by atoms with Crippen LogP contribution in [-0.2, 0) is 4.79 Å². The summed E-state index contributed by atoms with van der Waals surface area (Å²) in [6, 6.07) is 0. The number of rotatable bonds is 2. The molecule has 0 N–H and O–H groups in total. The van der Waals surface area contributed by atoms with Gasteiger partial charge in [-0.1, -0.05) is 6.92 Å². The molecule has 0 saturated heterocycles. The van der Waals surface area contributed by atoms with Gasteiger partial charge in [-0.3, -0.25) is 4.79 Å². The highest BCUT2D eigenvalue weighted by Gasteiger charge is 1.96. The normalized spacial score (nSPS) is 13.7. The van der Waals surface area contributed by atoms with Crippen molar-refractivity contribution in [3.63, 3.8) is 0 Å². The summed E-state index contributed by atoms with van der Waals surface area (Å²) in [5.74, 6) is 0. The van der Waals surface area contributed by atoms with E-state index in [-0.39, 0.29) is 6.42 Å². The predicted molar refractivity (Wildman–Crippen MR) is 20.9 cm³/mol. The molecule has 1 radical (unpaired) electrons. The number of hydrogen-bond acceptors (Lipinski definition) is 1. The van der Waals surface area contributed by atoms with Gasteiger partial charge in [-0.2, -0.15) is 0 Å². The zero-order valence-corrected chi connectivity index (χ0v) is 3.57. The van der Waals surface area contributed by atoms with Gasteiger partial charge in [-0.15, -0.1) is 0 Å². The highest BCUT2D eigenvalue weighted by molar-refractivity contribution is 5.56. The first kappa shape index (κ1) is 5.60. The van der Waals surface area contributed by atoms with Gasteiger partial charge in [0.2, 0.25) is 6.29 Å². The molecule has 0 aromatic carbocycles. The second kappa shape index (κ2) is 2.82. The molecule has 0 heterocycles. The van der Waals surface area contributed by atoms with Crippen LogP contribution < -0.4 is 0 Å². The minimum absolute atomic E-state index is 0.240. The molecule has 2 heteroatoms. The lowest BCUT2D eigenvalue weighted by molar-refractivity contribution is 0.390. The van der Waals surface area contributed by atoms with Crippen molar-refractivity contribution in [2.75, 3.05) is 0 Å². The summed E-state index contributed by atoms with van der Waals surface area (Å²) in [6.45, 7) is 1.59. The molecule has 0 fully saturated rings. The first-order valence-corrected chi connectivity index (χ1v) is 1.83. The molecule has 0 aromatic rings. The third-order valence-electron chi connectivity index (χ3n) is 0.486. The van der Waals surface area contributed by atoms with E-state index in [0.29, 0.717) is 0 Å². The minimum Gasteiger partial charge on any atom is -0.287 e. The zero-order chi connectivity index (χ0) is 4.99. The molecule has 0 aliphatic carbocycles. The Balaban J connectivity index is 2.96. The molecule has 0 amide bonds. The Morgan fingerprint density at radius 2 is 2.50 bits per heavy atom. The Bertz CT molecular complexity index is 44.8. The van der Waals surface area contributed by atoms with Gasteiger partial charge < -0.3 is 0 Å². The fraction of sp³-hybridized carbons (Fsp3) is 0.750. The van der Waals surface area contributed by atoms with E-state index in [1.54, 1.807) is 6.92 Å².